The van der Waals surface area contributed by atoms with E-state index in [4.69, 9.17) is 9.47 Å². The summed E-state index contributed by atoms with van der Waals surface area (Å²) in [7, 11) is 1.52. The quantitative estimate of drug-likeness (QED) is 0.502. The molecule has 0 bridgehead atoms. The molecule has 1 heterocycles. The van der Waals surface area contributed by atoms with Crippen molar-refractivity contribution in [2.45, 2.75) is 39.7 Å². The molecule has 0 unspecified atom stereocenters. The molecular weight excluding hydrogens is 400 g/mol. The molecule has 1 amide bonds. The van der Waals surface area contributed by atoms with Gasteiger partial charge in [-0.05, 0) is 49.6 Å². The van der Waals surface area contributed by atoms with Crippen LogP contribution in [-0.2, 0) is 22.5 Å². The highest BCUT2D eigenvalue weighted by Crippen LogP contribution is 2.22. The van der Waals surface area contributed by atoms with Crippen LogP contribution in [0.4, 0.5) is 0 Å². The maximum absolute atomic E-state index is 12.9. The van der Waals surface area contributed by atoms with Gasteiger partial charge < -0.3 is 14.0 Å². The second kappa shape index (κ2) is 10.2. The Kier molecular flexibility index (Phi) is 7.41. The summed E-state index contributed by atoms with van der Waals surface area (Å²) in [6, 6.07) is 13.1. The molecule has 6 nitrogen and oxygen atoms in total. The van der Waals surface area contributed by atoms with Gasteiger partial charge in [0, 0.05) is 0 Å². The number of thiazole rings is 1. The average molecular weight is 427 g/mol. The average Bonchev–Trinajstić information content (AvgIpc) is 3.08. The number of amides is 1. The monoisotopic (exact) mass is 426 g/mol. The van der Waals surface area contributed by atoms with Gasteiger partial charge in [-0.2, -0.15) is 4.99 Å². The van der Waals surface area contributed by atoms with Crippen LogP contribution in [0, 0.1) is 0 Å². The highest BCUT2D eigenvalue weighted by atomic mass is 32.1. The maximum Gasteiger partial charge on any atom is 0.326 e. The molecule has 3 rings (SSSR count). The van der Waals surface area contributed by atoms with Crippen LogP contribution in [0.25, 0.3) is 10.2 Å². The number of methoxy groups -OCH3 is 1. The molecule has 0 fully saturated rings. The van der Waals surface area contributed by atoms with Crippen molar-refractivity contribution in [2.24, 2.45) is 4.99 Å². The Morgan fingerprint density at radius 3 is 2.67 bits per heavy atom. The Morgan fingerprint density at radius 1 is 1.13 bits per heavy atom. The predicted molar refractivity (Wildman–Crippen MR) is 118 cm³/mol. The van der Waals surface area contributed by atoms with Crippen molar-refractivity contribution in [1.82, 2.24) is 4.57 Å². The Morgan fingerprint density at radius 2 is 1.93 bits per heavy atom. The third kappa shape index (κ3) is 4.97. The molecule has 0 aliphatic heterocycles. The van der Waals surface area contributed by atoms with Crippen molar-refractivity contribution < 1.29 is 19.1 Å². The summed E-state index contributed by atoms with van der Waals surface area (Å²) in [6.45, 7) is 4.23. The third-order valence-corrected chi connectivity index (χ3v) is 5.73. The van der Waals surface area contributed by atoms with Gasteiger partial charge in [-0.15, -0.1) is 0 Å². The molecule has 0 spiro atoms. The number of esters is 1. The summed E-state index contributed by atoms with van der Waals surface area (Å²) >= 11 is 1.39. The molecule has 0 saturated heterocycles. The fourth-order valence-electron chi connectivity index (χ4n) is 3.20. The first kappa shape index (κ1) is 21.8. The lowest BCUT2D eigenvalue weighted by molar-refractivity contribution is -0.143. The SMILES string of the molecule is CCCCc1ccc2c(c1)sc(=NC(=O)c1ccccc1OC)n2CC(=O)OCC. The van der Waals surface area contributed by atoms with Gasteiger partial charge in [0.15, 0.2) is 4.80 Å². The van der Waals surface area contributed by atoms with Crippen LogP contribution in [-0.4, -0.2) is 30.2 Å². The number of carbonyl (C=O) groups is 2. The van der Waals surface area contributed by atoms with Gasteiger partial charge in [-0.25, -0.2) is 0 Å². The van der Waals surface area contributed by atoms with Crippen LogP contribution in [0.3, 0.4) is 0 Å². The highest BCUT2D eigenvalue weighted by Gasteiger charge is 2.15. The Labute approximate surface area is 179 Å². The van der Waals surface area contributed by atoms with Gasteiger partial charge in [0.2, 0.25) is 0 Å². The van der Waals surface area contributed by atoms with Crippen LogP contribution in [0.2, 0.25) is 0 Å². The van der Waals surface area contributed by atoms with Crippen LogP contribution in [0.15, 0.2) is 47.5 Å². The maximum atomic E-state index is 12.9. The summed E-state index contributed by atoms with van der Waals surface area (Å²) in [5.41, 5.74) is 2.47. The van der Waals surface area contributed by atoms with E-state index in [0.717, 1.165) is 29.5 Å². The van der Waals surface area contributed by atoms with E-state index in [1.807, 2.05) is 6.07 Å². The smallest absolute Gasteiger partial charge is 0.326 e. The fraction of sp³-hybridized carbons (Fsp3) is 0.348. The Balaban J connectivity index is 2.09. The molecule has 1 aromatic heterocycles. The number of benzene rings is 2. The number of ether oxygens (including phenoxy) is 2. The Hall–Kier alpha value is -2.93. The number of aromatic nitrogens is 1. The third-order valence-electron chi connectivity index (χ3n) is 4.69. The topological polar surface area (TPSA) is 69.9 Å². The molecule has 0 aliphatic rings. The zero-order valence-electron chi connectivity index (χ0n) is 17.5. The molecule has 0 radical (unpaired) electrons. The molecular formula is C23H26N2O4S. The molecule has 0 N–H and O–H groups in total. The summed E-state index contributed by atoms with van der Waals surface area (Å²) in [6.07, 6.45) is 3.23. The van der Waals surface area contributed by atoms with E-state index in [1.165, 1.54) is 24.0 Å². The van der Waals surface area contributed by atoms with Gasteiger partial charge >= 0.3 is 5.97 Å². The standard InChI is InChI=1S/C23H26N2O4S/c1-4-6-9-16-12-13-18-20(14-16)30-23(25(18)15-21(26)29-5-2)24-22(27)17-10-7-8-11-19(17)28-3/h7-8,10-14H,4-6,9,15H2,1-3H3. The lowest BCUT2D eigenvalue weighted by Gasteiger charge is -2.06. The first-order valence-corrected chi connectivity index (χ1v) is 10.9. The fourth-order valence-corrected chi connectivity index (χ4v) is 4.29. The van der Waals surface area contributed by atoms with Crippen LogP contribution < -0.4 is 9.54 Å². The number of nitrogens with zero attached hydrogens (tertiary/aromatic N) is 2. The summed E-state index contributed by atoms with van der Waals surface area (Å²) in [4.78, 5) is 29.9. The molecule has 0 aliphatic carbocycles. The zero-order valence-corrected chi connectivity index (χ0v) is 18.3. The van der Waals surface area contributed by atoms with Crippen molar-refractivity contribution >= 4 is 33.4 Å². The van der Waals surface area contributed by atoms with Crippen molar-refractivity contribution in [3.63, 3.8) is 0 Å². The van der Waals surface area contributed by atoms with Gasteiger partial charge in [0.25, 0.3) is 5.91 Å². The van der Waals surface area contributed by atoms with Crippen LogP contribution in [0.1, 0.15) is 42.6 Å². The predicted octanol–water partition coefficient (Wildman–Crippen LogP) is 4.36. The van der Waals surface area contributed by atoms with E-state index in [9.17, 15) is 9.59 Å². The van der Waals surface area contributed by atoms with E-state index >= 15 is 0 Å². The number of fused-ring (bicyclic) bond motifs is 1. The molecule has 0 atom stereocenters. The number of hydrogen-bond donors (Lipinski definition) is 0. The zero-order chi connectivity index (χ0) is 21.5. The number of carbonyl (C=O) groups excluding carboxylic acids is 2. The molecule has 158 valence electrons. The van der Waals surface area contributed by atoms with Crippen LogP contribution in [0.5, 0.6) is 5.75 Å². The van der Waals surface area contributed by atoms with Gasteiger partial charge in [-0.1, -0.05) is 42.9 Å². The first-order chi connectivity index (χ1) is 14.6. The lowest BCUT2D eigenvalue weighted by atomic mass is 10.1. The molecule has 0 saturated carbocycles. The van der Waals surface area contributed by atoms with Crippen molar-refractivity contribution in [2.75, 3.05) is 13.7 Å². The van der Waals surface area contributed by atoms with Gasteiger partial charge in [0.05, 0.1) is 29.5 Å². The second-order valence-corrected chi connectivity index (χ2v) is 7.81. The summed E-state index contributed by atoms with van der Waals surface area (Å²) in [5, 5.41) is 0. The first-order valence-electron chi connectivity index (χ1n) is 10.1. The van der Waals surface area contributed by atoms with E-state index in [2.05, 4.69) is 24.0 Å². The lowest BCUT2D eigenvalue weighted by Crippen LogP contribution is -2.23. The van der Waals surface area contributed by atoms with E-state index < -0.39 is 5.91 Å². The van der Waals surface area contributed by atoms with E-state index in [1.54, 1.807) is 35.8 Å². The summed E-state index contributed by atoms with van der Waals surface area (Å²) < 4.78 is 13.1. The molecule has 2 aromatic carbocycles. The largest absolute Gasteiger partial charge is 0.496 e. The minimum atomic E-state index is -0.414. The van der Waals surface area contributed by atoms with E-state index in [0.29, 0.717) is 22.7 Å². The number of unbranched alkanes of at least 4 members (excludes halogenated alkanes) is 1. The highest BCUT2D eigenvalue weighted by molar-refractivity contribution is 7.16. The van der Waals surface area contributed by atoms with Crippen molar-refractivity contribution in [3.05, 3.63) is 58.4 Å². The molecule has 7 heteroatoms. The van der Waals surface area contributed by atoms with E-state index in [-0.39, 0.29) is 12.5 Å². The van der Waals surface area contributed by atoms with Gasteiger partial charge in [0.1, 0.15) is 12.3 Å². The van der Waals surface area contributed by atoms with Crippen molar-refractivity contribution in [1.29, 1.82) is 0 Å². The normalized spacial score (nSPS) is 11.6. The number of aryl methyl sites for hydroxylation is 1. The molecule has 30 heavy (non-hydrogen) atoms. The van der Waals surface area contributed by atoms with Gasteiger partial charge in [-0.3, -0.25) is 9.59 Å². The number of para-hydroxylation sites is 1. The minimum Gasteiger partial charge on any atom is -0.496 e. The van der Waals surface area contributed by atoms with Crippen molar-refractivity contribution in [3.8, 4) is 5.75 Å². The summed E-state index contributed by atoms with van der Waals surface area (Å²) in [5.74, 6) is -0.313. The van der Waals surface area contributed by atoms with Crippen LogP contribution >= 0.6 is 11.3 Å². The second-order valence-electron chi connectivity index (χ2n) is 6.80. The number of hydrogen-bond acceptors (Lipinski definition) is 5. The Bertz CT molecular complexity index is 1110. The minimum absolute atomic E-state index is 0.000183. The number of rotatable bonds is 8. The molecule has 3 aromatic rings.